The van der Waals surface area contributed by atoms with Crippen LogP contribution in [0.25, 0.3) is 0 Å². The number of alkyl halides is 3. The van der Waals surface area contributed by atoms with E-state index in [0.29, 0.717) is 30.6 Å². The van der Waals surface area contributed by atoms with Gasteiger partial charge in [0.1, 0.15) is 5.82 Å². The third-order valence-corrected chi connectivity index (χ3v) is 6.45. The first-order valence-electron chi connectivity index (χ1n) is 11.1. The highest BCUT2D eigenvalue weighted by Crippen LogP contribution is 2.35. The van der Waals surface area contributed by atoms with Crippen molar-refractivity contribution in [3.8, 4) is 0 Å². The van der Waals surface area contributed by atoms with Crippen LogP contribution < -0.4 is 5.32 Å². The topological polar surface area (TPSA) is 93.4 Å². The lowest BCUT2D eigenvalue weighted by Gasteiger charge is -2.22. The van der Waals surface area contributed by atoms with E-state index in [0.717, 1.165) is 62.7 Å². The van der Waals surface area contributed by atoms with Gasteiger partial charge in [-0.2, -0.15) is 13.2 Å². The molecule has 2 aliphatic rings. The molecule has 1 fully saturated rings. The van der Waals surface area contributed by atoms with E-state index in [1.807, 2.05) is 0 Å². The summed E-state index contributed by atoms with van der Waals surface area (Å²) in [6, 6.07) is 1.90. The lowest BCUT2D eigenvalue weighted by Crippen LogP contribution is -2.32. The number of benzene rings is 1. The van der Waals surface area contributed by atoms with Crippen LogP contribution >= 0.6 is 11.6 Å². The fraction of sp³-hybridized carbons (Fsp3) is 0.545. The van der Waals surface area contributed by atoms with Crippen molar-refractivity contribution in [2.75, 3.05) is 38.2 Å². The smallest absolute Gasteiger partial charge is 0.381 e. The Hall–Kier alpha value is -2.50. The van der Waals surface area contributed by atoms with Crippen LogP contribution in [0.5, 0.6) is 0 Å². The molecule has 0 saturated carbocycles. The van der Waals surface area contributed by atoms with Crippen LogP contribution in [0.15, 0.2) is 18.2 Å². The summed E-state index contributed by atoms with van der Waals surface area (Å²) in [5.74, 6) is 0.943. The van der Waals surface area contributed by atoms with Gasteiger partial charge >= 0.3 is 6.18 Å². The molecule has 184 valence electrons. The zero-order valence-electron chi connectivity index (χ0n) is 18.6. The van der Waals surface area contributed by atoms with E-state index in [2.05, 4.69) is 20.2 Å². The van der Waals surface area contributed by atoms with E-state index in [-0.39, 0.29) is 10.8 Å². The Morgan fingerprint density at radius 3 is 2.74 bits per heavy atom. The summed E-state index contributed by atoms with van der Waals surface area (Å²) < 4.78 is 45.4. The van der Waals surface area contributed by atoms with Crippen molar-refractivity contribution in [3.05, 3.63) is 56.0 Å². The van der Waals surface area contributed by atoms with Crippen molar-refractivity contribution in [2.24, 2.45) is 5.92 Å². The number of hydrogen-bond acceptors (Lipinski definition) is 7. The predicted molar refractivity (Wildman–Crippen MR) is 120 cm³/mol. The number of nitrogens with zero attached hydrogens (tertiary/aromatic N) is 4. The van der Waals surface area contributed by atoms with Crippen LogP contribution in [0.4, 0.5) is 24.7 Å². The van der Waals surface area contributed by atoms with Crippen molar-refractivity contribution in [1.29, 1.82) is 0 Å². The molecule has 8 nitrogen and oxygen atoms in total. The number of nitrogens with one attached hydrogen (secondary N) is 1. The Bertz CT molecular complexity index is 1060. The van der Waals surface area contributed by atoms with Crippen LogP contribution in [-0.4, -0.2) is 52.6 Å². The van der Waals surface area contributed by atoms with Crippen LogP contribution in [0.3, 0.4) is 0 Å². The summed E-state index contributed by atoms with van der Waals surface area (Å²) in [5.41, 5.74) is 0.0975. The Morgan fingerprint density at radius 1 is 1.29 bits per heavy atom. The SMILES string of the molecule is C[C@@H](Nc1nc(Cl)nc2c1CCN(CC1CCOC1)CC2)c1cc([N+](=O)[O-])cc(C(F)(F)F)c1. The van der Waals surface area contributed by atoms with E-state index in [1.54, 1.807) is 6.92 Å². The number of ether oxygens (including phenoxy) is 1. The Kier molecular flexibility index (Phi) is 7.25. The minimum atomic E-state index is -4.70. The van der Waals surface area contributed by atoms with Gasteiger partial charge in [0.05, 0.1) is 28.8 Å². The van der Waals surface area contributed by atoms with E-state index in [9.17, 15) is 23.3 Å². The van der Waals surface area contributed by atoms with Crippen molar-refractivity contribution < 1.29 is 22.8 Å². The molecule has 2 aromatic rings. The predicted octanol–water partition coefficient (Wildman–Crippen LogP) is 4.67. The van der Waals surface area contributed by atoms with Gasteiger partial charge in [0.25, 0.3) is 5.69 Å². The molecule has 34 heavy (non-hydrogen) atoms. The van der Waals surface area contributed by atoms with Gasteiger partial charge in [-0.15, -0.1) is 0 Å². The van der Waals surface area contributed by atoms with Crippen molar-refractivity contribution in [2.45, 2.75) is 38.4 Å². The first-order chi connectivity index (χ1) is 16.1. The van der Waals surface area contributed by atoms with Gasteiger partial charge in [-0.25, -0.2) is 9.97 Å². The monoisotopic (exact) mass is 499 g/mol. The summed E-state index contributed by atoms with van der Waals surface area (Å²) in [6.45, 7) is 5.72. The first-order valence-corrected chi connectivity index (χ1v) is 11.5. The zero-order valence-corrected chi connectivity index (χ0v) is 19.3. The van der Waals surface area contributed by atoms with Crippen LogP contribution in [0, 0.1) is 16.0 Å². The highest BCUT2D eigenvalue weighted by molar-refractivity contribution is 6.28. The van der Waals surface area contributed by atoms with Gasteiger partial charge in [0, 0.05) is 50.4 Å². The molecule has 0 radical (unpaired) electrons. The number of hydrogen-bond donors (Lipinski definition) is 1. The molecule has 12 heteroatoms. The van der Waals surface area contributed by atoms with Crippen molar-refractivity contribution >= 4 is 23.1 Å². The summed E-state index contributed by atoms with van der Waals surface area (Å²) in [5, 5.41) is 14.4. The lowest BCUT2D eigenvalue weighted by atomic mass is 10.0. The molecule has 1 aromatic heterocycles. The average Bonchev–Trinajstić information content (AvgIpc) is 3.20. The van der Waals surface area contributed by atoms with Crippen LogP contribution in [0.2, 0.25) is 5.28 Å². The largest absolute Gasteiger partial charge is 0.416 e. The summed E-state index contributed by atoms with van der Waals surface area (Å²) in [7, 11) is 0. The third-order valence-electron chi connectivity index (χ3n) is 6.28. The minimum Gasteiger partial charge on any atom is -0.381 e. The quantitative estimate of drug-likeness (QED) is 0.351. The molecule has 0 amide bonds. The van der Waals surface area contributed by atoms with Gasteiger partial charge in [0.2, 0.25) is 5.28 Å². The molecule has 1 aromatic carbocycles. The van der Waals surface area contributed by atoms with Crippen molar-refractivity contribution in [1.82, 2.24) is 14.9 Å². The lowest BCUT2D eigenvalue weighted by molar-refractivity contribution is -0.385. The van der Waals surface area contributed by atoms with E-state index in [4.69, 9.17) is 16.3 Å². The number of fused-ring (bicyclic) bond motifs is 1. The second-order valence-corrected chi connectivity index (χ2v) is 9.07. The Balaban J connectivity index is 1.57. The van der Waals surface area contributed by atoms with Crippen molar-refractivity contribution in [3.63, 3.8) is 0 Å². The Morgan fingerprint density at radius 2 is 2.06 bits per heavy atom. The van der Waals surface area contributed by atoms with Gasteiger partial charge in [-0.3, -0.25) is 10.1 Å². The maximum absolute atomic E-state index is 13.3. The highest BCUT2D eigenvalue weighted by atomic mass is 35.5. The fourth-order valence-electron chi connectivity index (χ4n) is 4.45. The fourth-order valence-corrected chi connectivity index (χ4v) is 4.64. The Labute approximate surface area is 199 Å². The number of rotatable bonds is 6. The number of nitro groups is 1. The van der Waals surface area contributed by atoms with Gasteiger partial charge in [-0.1, -0.05) is 0 Å². The van der Waals surface area contributed by atoms with E-state index >= 15 is 0 Å². The molecule has 1 N–H and O–H groups in total. The maximum atomic E-state index is 13.3. The van der Waals surface area contributed by atoms with Gasteiger partial charge in [-0.05, 0) is 48.9 Å². The average molecular weight is 500 g/mol. The molecule has 4 rings (SSSR count). The number of nitro benzene ring substituents is 1. The van der Waals surface area contributed by atoms with Gasteiger partial charge < -0.3 is 15.0 Å². The zero-order chi connectivity index (χ0) is 24.5. The van der Waals surface area contributed by atoms with Crippen LogP contribution in [-0.2, 0) is 23.8 Å². The molecular weight excluding hydrogens is 475 g/mol. The van der Waals surface area contributed by atoms with E-state index < -0.39 is 28.4 Å². The number of aromatic nitrogens is 2. The molecule has 0 spiro atoms. The molecular formula is C22H25ClF3N5O3. The van der Waals surface area contributed by atoms with Crippen LogP contribution in [0.1, 0.15) is 41.8 Å². The molecule has 1 unspecified atom stereocenters. The standard InChI is InChI=1S/C22H25ClF3N5O3/c1-13(15-8-16(22(24,25)26)10-17(9-15)31(32)33)27-20-18-2-5-30(11-14-4-7-34-12-14)6-3-19(18)28-21(23)29-20/h8-10,13-14H,2-7,11-12H2,1H3,(H,27,28,29)/t13-,14?/m1/s1. The normalized spacial score (nSPS) is 20.0. The summed E-state index contributed by atoms with van der Waals surface area (Å²) in [4.78, 5) is 21.4. The maximum Gasteiger partial charge on any atom is 0.416 e. The summed E-state index contributed by atoms with van der Waals surface area (Å²) in [6.07, 6.45) is -2.34. The molecule has 2 atom stereocenters. The second kappa shape index (κ2) is 10.0. The highest BCUT2D eigenvalue weighted by Gasteiger charge is 2.33. The first kappa shape index (κ1) is 24.6. The number of non-ortho nitro benzene ring substituents is 1. The molecule has 1 saturated heterocycles. The molecule has 0 bridgehead atoms. The summed E-state index contributed by atoms with van der Waals surface area (Å²) >= 11 is 6.16. The number of anilines is 1. The third kappa shape index (κ3) is 5.76. The minimum absolute atomic E-state index is 0.0427. The number of halogens is 4. The molecule has 0 aliphatic carbocycles. The van der Waals surface area contributed by atoms with E-state index in [1.165, 1.54) is 0 Å². The second-order valence-electron chi connectivity index (χ2n) is 8.73. The molecule has 2 aliphatic heterocycles. The molecule has 3 heterocycles. The van der Waals surface area contributed by atoms with Gasteiger partial charge in [0.15, 0.2) is 0 Å².